The van der Waals surface area contributed by atoms with E-state index >= 15 is 0 Å². The van der Waals surface area contributed by atoms with E-state index in [9.17, 15) is 0 Å². The molecule has 0 spiro atoms. The molecule has 8 heteroatoms. The Morgan fingerprint density at radius 2 is 1.31 bits per heavy atom. The Morgan fingerprint density at radius 3 is 1.31 bits per heavy atom. The molecular weight excluding hydrogens is 283 g/mol. The summed E-state index contributed by atoms with van der Waals surface area (Å²) in [6.07, 6.45) is 0. The molecule has 0 aromatic heterocycles. The molecule has 0 bridgehead atoms. The molecule has 5 nitrogen and oxygen atoms in total. The summed E-state index contributed by atoms with van der Waals surface area (Å²) in [6.45, 7) is 12.3. The smallest absolute Gasteiger partial charge is 0.790 e. The third-order valence-electron chi connectivity index (χ3n) is 1.69. The molecule has 0 rings (SSSR count). The van der Waals surface area contributed by atoms with Crippen molar-refractivity contribution in [3.8, 4) is 0 Å². The van der Waals surface area contributed by atoms with Crippen molar-refractivity contribution in [1.82, 2.24) is 4.90 Å². The first-order valence-corrected chi connectivity index (χ1v) is 6.09. The van der Waals surface area contributed by atoms with Gasteiger partial charge in [-0.05, 0) is 34.2 Å². The number of nitrogens with zero attached hydrogens (tertiary/aromatic N) is 1. The normalized spacial score (nSPS) is 10.4. The summed E-state index contributed by atoms with van der Waals surface area (Å²) < 4.78 is 8.66. The Hall–Kier alpha value is 3.34. The summed E-state index contributed by atoms with van der Waals surface area (Å²) in [6, 6.07) is 1.38. The minimum Gasteiger partial charge on any atom is -0.790 e. The summed E-state index contributed by atoms with van der Waals surface area (Å²) >= 11 is 0. The molecule has 0 aliphatic rings. The van der Waals surface area contributed by atoms with E-state index in [0.29, 0.717) is 12.1 Å². The zero-order chi connectivity index (χ0) is 11.9. The Morgan fingerprint density at radius 1 is 1.12 bits per heavy atom. The molecule has 0 amide bonds. The zero-order valence-electron chi connectivity index (χ0n) is 11.4. The molecule has 0 radical (unpaired) electrons. The van der Waals surface area contributed by atoms with Crippen LogP contribution in [-0.4, -0.2) is 28.4 Å². The van der Waals surface area contributed by atoms with Gasteiger partial charge in [-0.25, -0.2) is 0 Å². The zero-order valence-corrected chi connectivity index (χ0v) is 18.6. The molecule has 0 aliphatic carbocycles. The summed E-state index contributed by atoms with van der Waals surface area (Å²) in [4.78, 5) is 26.7. The van der Waals surface area contributed by atoms with Crippen LogP contribution >= 0.6 is 7.82 Å². The van der Waals surface area contributed by atoms with Gasteiger partial charge in [-0.15, -0.1) is 0 Å². The molecule has 0 heterocycles. The number of hydrogen-bond acceptors (Lipinski definition) is 4. The second kappa shape index (κ2) is 14.7. The maximum absolute atomic E-state index is 8.66. The van der Waals surface area contributed by atoms with Gasteiger partial charge in [0.2, 0.25) is 0 Å². The van der Waals surface area contributed by atoms with Gasteiger partial charge in [0, 0.05) is 12.1 Å². The van der Waals surface area contributed by atoms with Crippen LogP contribution in [0.25, 0.3) is 0 Å². The predicted octanol–water partition coefficient (Wildman–Crippen LogP) is -6.06. The van der Waals surface area contributed by atoms with Gasteiger partial charge in [-0.2, -0.15) is 0 Å². The summed E-state index contributed by atoms with van der Waals surface area (Å²) in [5, 5.41) is 0. The van der Waals surface area contributed by atoms with Gasteiger partial charge in [0.1, 0.15) is 0 Å². The maximum atomic E-state index is 8.66. The predicted molar refractivity (Wildman–Crippen MR) is 52.5 cm³/mol. The van der Waals surface area contributed by atoms with Crippen LogP contribution < -0.4 is 113 Å². The second-order valence-electron chi connectivity index (χ2n) is 3.49. The quantitative estimate of drug-likeness (QED) is 0.414. The molecule has 0 saturated heterocycles. The van der Waals surface area contributed by atoms with Gasteiger partial charge < -0.3 is 19.2 Å². The van der Waals surface area contributed by atoms with Crippen LogP contribution in [0.1, 0.15) is 34.6 Å². The van der Waals surface area contributed by atoms with Crippen LogP contribution in [0, 0.1) is 0 Å². The van der Waals surface area contributed by atoms with E-state index in [1.807, 2.05) is 0 Å². The first-order valence-electron chi connectivity index (χ1n) is 4.60. The maximum Gasteiger partial charge on any atom is 1.00 e. The van der Waals surface area contributed by atoms with Crippen LogP contribution in [0.4, 0.5) is 0 Å². The van der Waals surface area contributed by atoms with E-state index in [-0.39, 0.29) is 103 Å². The Balaban J connectivity index is -0.0000000904. The average molecular weight is 303 g/mol. The SMILES string of the molecule is CCN(C(C)C)C(C)C.O=P([O-])([O-])O.[K+].[K+]. The first kappa shape index (κ1) is 27.6. The Labute approximate surface area is 184 Å². The van der Waals surface area contributed by atoms with Crippen molar-refractivity contribution in [3.05, 3.63) is 0 Å². The Kier molecular flexibility index (Phi) is 25.5. The van der Waals surface area contributed by atoms with E-state index in [0.717, 1.165) is 6.54 Å². The number of phosphoric acid groups is 1. The van der Waals surface area contributed by atoms with Gasteiger partial charge in [-0.1, -0.05) is 6.92 Å². The third kappa shape index (κ3) is 26.0. The monoisotopic (exact) mass is 303 g/mol. The molecule has 1 N–H and O–H groups in total. The van der Waals surface area contributed by atoms with E-state index in [4.69, 9.17) is 19.2 Å². The van der Waals surface area contributed by atoms with Gasteiger partial charge in [0.15, 0.2) is 0 Å². The van der Waals surface area contributed by atoms with Crippen molar-refractivity contribution in [1.29, 1.82) is 0 Å². The van der Waals surface area contributed by atoms with Crippen molar-refractivity contribution in [2.45, 2.75) is 46.7 Å². The van der Waals surface area contributed by atoms with Crippen LogP contribution in [0.15, 0.2) is 0 Å². The molecular formula is C8H20K2NO4P. The van der Waals surface area contributed by atoms with Crippen molar-refractivity contribution >= 4 is 7.82 Å². The van der Waals surface area contributed by atoms with Gasteiger partial charge in [0.25, 0.3) is 0 Å². The first-order chi connectivity index (χ1) is 6.09. The third-order valence-corrected chi connectivity index (χ3v) is 1.69. The molecule has 0 atom stereocenters. The molecule has 16 heavy (non-hydrogen) atoms. The fraction of sp³-hybridized carbons (Fsp3) is 1.00. The van der Waals surface area contributed by atoms with Crippen LogP contribution in [0.5, 0.6) is 0 Å². The van der Waals surface area contributed by atoms with E-state index in [1.54, 1.807) is 0 Å². The minimum absolute atomic E-state index is 0. The molecule has 0 fully saturated rings. The van der Waals surface area contributed by atoms with E-state index in [1.165, 1.54) is 0 Å². The van der Waals surface area contributed by atoms with Gasteiger partial charge in [-0.3, -0.25) is 4.90 Å². The van der Waals surface area contributed by atoms with Gasteiger partial charge in [0.05, 0.1) is 7.82 Å². The second-order valence-corrected chi connectivity index (χ2v) is 4.42. The van der Waals surface area contributed by atoms with E-state index in [2.05, 4.69) is 39.5 Å². The number of hydrogen-bond donors (Lipinski definition) is 1. The summed E-state index contributed by atoms with van der Waals surface area (Å²) in [5.74, 6) is 0. The summed E-state index contributed by atoms with van der Waals surface area (Å²) in [7, 11) is -5.14. The Bertz CT molecular complexity index is 171. The molecule has 0 aliphatic heterocycles. The molecule has 0 aromatic carbocycles. The molecule has 0 aromatic rings. The van der Waals surface area contributed by atoms with Crippen LogP contribution in [0.2, 0.25) is 0 Å². The minimum atomic E-state index is -5.14. The fourth-order valence-corrected chi connectivity index (χ4v) is 1.33. The van der Waals surface area contributed by atoms with Crippen molar-refractivity contribution < 1.29 is 122 Å². The standard InChI is InChI=1S/C8H19N.2K.H3O4P/c1-6-9(7(2)3)8(4)5;;;1-5(2,3)4/h7-8H,6H2,1-5H3;;;(H3,1,2,3,4)/q;2*+1;/p-2. The summed E-state index contributed by atoms with van der Waals surface area (Å²) in [5.41, 5.74) is 0. The van der Waals surface area contributed by atoms with Crippen molar-refractivity contribution in [2.75, 3.05) is 6.54 Å². The number of rotatable bonds is 3. The largest absolute Gasteiger partial charge is 1.00 e. The fourth-order valence-electron chi connectivity index (χ4n) is 1.33. The molecule has 88 valence electrons. The van der Waals surface area contributed by atoms with Crippen LogP contribution in [0.3, 0.4) is 0 Å². The topological polar surface area (TPSA) is 86.7 Å². The average Bonchev–Trinajstić information content (AvgIpc) is 1.81. The van der Waals surface area contributed by atoms with Gasteiger partial charge >= 0.3 is 103 Å². The van der Waals surface area contributed by atoms with Crippen LogP contribution in [-0.2, 0) is 4.57 Å². The molecule has 0 unspecified atom stereocenters. The molecule has 0 saturated carbocycles. The van der Waals surface area contributed by atoms with Crippen molar-refractivity contribution in [3.63, 3.8) is 0 Å². The van der Waals surface area contributed by atoms with Crippen molar-refractivity contribution in [2.24, 2.45) is 0 Å². The van der Waals surface area contributed by atoms with E-state index < -0.39 is 7.82 Å².